The summed E-state index contributed by atoms with van der Waals surface area (Å²) in [6.07, 6.45) is 0.00371. The lowest BCUT2D eigenvalue weighted by atomic mass is 9.94. The number of hydrogen-bond donors (Lipinski definition) is 1. The maximum Gasteiger partial charge on any atom is 0.300 e. The first-order valence-corrected chi connectivity index (χ1v) is 11.7. The van der Waals surface area contributed by atoms with Crippen LogP contribution in [0.15, 0.2) is 78.4 Å². The fourth-order valence-electron chi connectivity index (χ4n) is 4.28. The van der Waals surface area contributed by atoms with Crippen LogP contribution >= 0.6 is 0 Å². The van der Waals surface area contributed by atoms with Crippen LogP contribution < -0.4 is 14.4 Å². The highest BCUT2D eigenvalue weighted by Crippen LogP contribution is 2.43. The lowest BCUT2D eigenvalue weighted by molar-refractivity contribution is -0.132. The van der Waals surface area contributed by atoms with Crippen molar-refractivity contribution in [3.05, 3.63) is 95.1 Å². The maximum absolute atomic E-state index is 13.3. The molecular formula is C29H29NO5. The average molecular weight is 472 g/mol. The lowest BCUT2D eigenvalue weighted by Gasteiger charge is -2.26. The molecule has 0 saturated carbocycles. The Kier molecular flexibility index (Phi) is 6.92. The first-order chi connectivity index (χ1) is 16.8. The van der Waals surface area contributed by atoms with Crippen LogP contribution in [-0.4, -0.2) is 29.5 Å². The number of carbonyl (C=O) groups is 2. The zero-order valence-corrected chi connectivity index (χ0v) is 20.3. The van der Waals surface area contributed by atoms with E-state index < -0.39 is 17.7 Å². The minimum absolute atomic E-state index is 0.00371. The molecule has 4 rings (SSSR count). The van der Waals surface area contributed by atoms with Crippen molar-refractivity contribution in [3.8, 4) is 11.5 Å². The Hall–Kier alpha value is -4.06. The summed E-state index contributed by atoms with van der Waals surface area (Å²) in [7, 11) is 0. The van der Waals surface area contributed by atoms with Gasteiger partial charge in [-0.15, -0.1) is 0 Å². The van der Waals surface area contributed by atoms with Gasteiger partial charge >= 0.3 is 0 Å². The molecule has 1 amide bonds. The van der Waals surface area contributed by atoms with E-state index in [2.05, 4.69) is 0 Å². The van der Waals surface area contributed by atoms with Crippen LogP contribution in [0.5, 0.6) is 11.5 Å². The van der Waals surface area contributed by atoms with Crippen molar-refractivity contribution in [3.63, 3.8) is 0 Å². The summed E-state index contributed by atoms with van der Waals surface area (Å²) in [5, 5.41) is 11.4. The van der Waals surface area contributed by atoms with Crippen LogP contribution in [0, 0.1) is 6.92 Å². The van der Waals surface area contributed by atoms with Gasteiger partial charge in [0.25, 0.3) is 11.7 Å². The standard InChI is InChI=1S/C29H29NO5/c1-5-34-23-13-9-12-22(17-23)30-26(20-10-7-6-8-11-20)25(28(32)29(30)33)27(31)21-14-15-24(19(4)16-21)35-18(2)3/h6-18,26,31H,5H2,1-4H3/b27-25-. The number of amides is 1. The maximum atomic E-state index is 13.3. The van der Waals surface area contributed by atoms with Crippen LogP contribution in [0.1, 0.15) is 43.5 Å². The number of benzene rings is 3. The molecule has 3 aromatic rings. The number of nitrogens with zero attached hydrogens (tertiary/aromatic N) is 1. The molecule has 1 aliphatic rings. The summed E-state index contributed by atoms with van der Waals surface area (Å²) < 4.78 is 11.4. The Bertz CT molecular complexity index is 1280. The van der Waals surface area contributed by atoms with Crippen molar-refractivity contribution in [2.45, 2.75) is 39.8 Å². The van der Waals surface area contributed by atoms with E-state index in [1.54, 1.807) is 42.5 Å². The molecule has 180 valence electrons. The van der Waals surface area contributed by atoms with E-state index in [9.17, 15) is 14.7 Å². The third kappa shape index (κ3) is 4.78. The van der Waals surface area contributed by atoms with Crippen LogP contribution in [0.25, 0.3) is 5.76 Å². The SMILES string of the molecule is CCOc1cccc(N2C(=O)C(=O)/C(=C(\O)c3ccc(OC(C)C)c(C)c3)C2c2ccccc2)c1. The molecule has 6 nitrogen and oxygen atoms in total. The molecule has 0 aromatic heterocycles. The molecule has 0 radical (unpaired) electrons. The first-order valence-electron chi connectivity index (χ1n) is 11.7. The molecule has 1 unspecified atom stereocenters. The van der Waals surface area contributed by atoms with E-state index in [1.807, 2.05) is 58.0 Å². The van der Waals surface area contributed by atoms with Gasteiger partial charge in [-0.1, -0.05) is 36.4 Å². The molecular weight excluding hydrogens is 442 g/mol. The Labute approximate surface area is 205 Å². The Morgan fingerprint density at radius 1 is 1.00 bits per heavy atom. The van der Waals surface area contributed by atoms with E-state index in [0.717, 1.165) is 5.56 Å². The number of rotatable bonds is 7. The Balaban J connectivity index is 1.87. The summed E-state index contributed by atoms with van der Waals surface area (Å²) in [5.41, 5.74) is 2.53. The topological polar surface area (TPSA) is 76.1 Å². The molecule has 1 aliphatic heterocycles. The van der Waals surface area contributed by atoms with Gasteiger partial charge in [0.15, 0.2) is 0 Å². The lowest BCUT2D eigenvalue weighted by Crippen LogP contribution is -2.29. The van der Waals surface area contributed by atoms with Crippen molar-refractivity contribution >= 4 is 23.1 Å². The second kappa shape index (κ2) is 10.1. The molecule has 0 aliphatic carbocycles. The second-order valence-corrected chi connectivity index (χ2v) is 8.66. The van der Waals surface area contributed by atoms with Gasteiger partial charge in [0, 0.05) is 17.3 Å². The zero-order valence-electron chi connectivity index (χ0n) is 20.3. The van der Waals surface area contributed by atoms with E-state index in [-0.39, 0.29) is 17.4 Å². The molecule has 35 heavy (non-hydrogen) atoms. The molecule has 6 heteroatoms. The fraction of sp³-hybridized carbons (Fsp3) is 0.241. The Morgan fingerprint density at radius 2 is 1.74 bits per heavy atom. The van der Waals surface area contributed by atoms with Crippen LogP contribution in [-0.2, 0) is 9.59 Å². The van der Waals surface area contributed by atoms with Crippen LogP contribution in [0.4, 0.5) is 5.69 Å². The highest BCUT2D eigenvalue weighted by Gasteiger charge is 2.47. The first kappa shape index (κ1) is 24.1. The molecule has 1 fully saturated rings. The van der Waals surface area contributed by atoms with Crippen molar-refractivity contribution in [1.29, 1.82) is 0 Å². The van der Waals surface area contributed by atoms with E-state index >= 15 is 0 Å². The van der Waals surface area contributed by atoms with Gasteiger partial charge in [-0.3, -0.25) is 14.5 Å². The van der Waals surface area contributed by atoms with Gasteiger partial charge < -0.3 is 14.6 Å². The third-order valence-corrected chi connectivity index (χ3v) is 5.78. The number of aliphatic hydroxyl groups is 1. The summed E-state index contributed by atoms with van der Waals surface area (Å²) >= 11 is 0. The van der Waals surface area contributed by atoms with Crippen molar-refractivity contribution in [1.82, 2.24) is 0 Å². The Morgan fingerprint density at radius 3 is 2.40 bits per heavy atom. The van der Waals surface area contributed by atoms with E-state index in [0.29, 0.717) is 34.9 Å². The quantitative estimate of drug-likeness (QED) is 0.267. The number of anilines is 1. The van der Waals surface area contributed by atoms with Gasteiger partial charge in [0.2, 0.25) is 0 Å². The van der Waals surface area contributed by atoms with Gasteiger partial charge in [-0.05, 0) is 69.2 Å². The zero-order chi connectivity index (χ0) is 25.1. The average Bonchev–Trinajstić information content (AvgIpc) is 3.11. The van der Waals surface area contributed by atoms with Crippen LogP contribution in [0.2, 0.25) is 0 Å². The van der Waals surface area contributed by atoms with Gasteiger partial charge in [0.05, 0.1) is 24.3 Å². The monoisotopic (exact) mass is 471 g/mol. The number of carbonyl (C=O) groups excluding carboxylic acids is 2. The number of hydrogen-bond acceptors (Lipinski definition) is 5. The summed E-state index contributed by atoms with van der Waals surface area (Å²) in [4.78, 5) is 28.1. The highest BCUT2D eigenvalue weighted by atomic mass is 16.5. The summed E-state index contributed by atoms with van der Waals surface area (Å²) in [5.74, 6) is -0.372. The van der Waals surface area contributed by atoms with E-state index in [4.69, 9.17) is 9.47 Å². The molecule has 0 spiro atoms. The van der Waals surface area contributed by atoms with Gasteiger partial charge in [-0.2, -0.15) is 0 Å². The number of aliphatic hydroxyl groups excluding tert-OH is 1. The van der Waals surface area contributed by atoms with Crippen LogP contribution in [0.3, 0.4) is 0 Å². The minimum atomic E-state index is -0.792. The molecule has 3 aromatic carbocycles. The summed E-state index contributed by atoms with van der Waals surface area (Å²) in [6.45, 7) is 8.11. The smallest absolute Gasteiger partial charge is 0.300 e. The third-order valence-electron chi connectivity index (χ3n) is 5.78. The van der Waals surface area contributed by atoms with Crippen molar-refractivity contribution in [2.24, 2.45) is 0 Å². The van der Waals surface area contributed by atoms with E-state index in [1.165, 1.54) is 4.90 Å². The number of ketones is 1. The minimum Gasteiger partial charge on any atom is -0.507 e. The molecule has 1 N–H and O–H groups in total. The predicted octanol–water partition coefficient (Wildman–Crippen LogP) is 5.81. The van der Waals surface area contributed by atoms with Gasteiger partial charge in [-0.25, -0.2) is 0 Å². The van der Waals surface area contributed by atoms with Crippen molar-refractivity contribution < 1.29 is 24.2 Å². The number of ether oxygens (including phenoxy) is 2. The normalized spacial score (nSPS) is 17.2. The van der Waals surface area contributed by atoms with Gasteiger partial charge in [0.1, 0.15) is 17.3 Å². The number of aryl methyl sites for hydroxylation is 1. The molecule has 0 bridgehead atoms. The number of Topliss-reactive ketones (excluding diaryl/α,β-unsaturated/α-hetero) is 1. The predicted molar refractivity (Wildman–Crippen MR) is 136 cm³/mol. The molecule has 1 atom stereocenters. The second-order valence-electron chi connectivity index (χ2n) is 8.66. The molecule has 1 saturated heterocycles. The fourth-order valence-corrected chi connectivity index (χ4v) is 4.28. The van der Waals surface area contributed by atoms with Crippen molar-refractivity contribution in [2.75, 3.05) is 11.5 Å². The largest absolute Gasteiger partial charge is 0.507 e. The summed E-state index contributed by atoms with van der Waals surface area (Å²) in [6, 6.07) is 20.7. The molecule has 1 heterocycles. The highest BCUT2D eigenvalue weighted by molar-refractivity contribution is 6.51.